The van der Waals surface area contributed by atoms with Crippen LogP contribution in [0, 0.1) is 11.3 Å². The Kier molecular flexibility index (Phi) is 4.95. The molecule has 17 heavy (non-hydrogen) atoms. The lowest BCUT2D eigenvalue weighted by Gasteiger charge is -2.45. The van der Waals surface area contributed by atoms with Crippen molar-refractivity contribution in [2.75, 3.05) is 20.8 Å². The molecule has 3 N–H and O–H groups in total. The molecule has 3 unspecified atom stereocenters. The van der Waals surface area contributed by atoms with Crippen LogP contribution in [0.3, 0.4) is 0 Å². The summed E-state index contributed by atoms with van der Waals surface area (Å²) in [6.45, 7) is 4.45. The number of hydrogen-bond donors (Lipinski definition) is 2. The lowest BCUT2D eigenvalue weighted by molar-refractivity contribution is -0.249. The van der Waals surface area contributed by atoms with Crippen molar-refractivity contribution in [1.82, 2.24) is 0 Å². The first kappa shape index (κ1) is 14.9. The molecule has 4 heteroatoms. The van der Waals surface area contributed by atoms with Gasteiger partial charge in [-0.25, -0.2) is 0 Å². The van der Waals surface area contributed by atoms with Gasteiger partial charge in [0, 0.05) is 26.2 Å². The number of aliphatic hydroxyl groups is 1. The summed E-state index contributed by atoms with van der Waals surface area (Å²) in [6.07, 6.45) is 3.54. The van der Waals surface area contributed by atoms with Gasteiger partial charge in [-0.05, 0) is 32.1 Å². The summed E-state index contributed by atoms with van der Waals surface area (Å²) in [6, 6.07) is 0. The van der Waals surface area contributed by atoms with E-state index in [-0.39, 0.29) is 5.41 Å². The molecule has 4 nitrogen and oxygen atoms in total. The minimum atomic E-state index is -1.05. The van der Waals surface area contributed by atoms with Gasteiger partial charge in [-0.3, -0.25) is 0 Å². The van der Waals surface area contributed by atoms with Crippen molar-refractivity contribution in [2.24, 2.45) is 17.1 Å². The predicted octanol–water partition coefficient (Wildman–Crippen LogP) is 1.51. The molecule has 1 rings (SSSR count). The standard InChI is InChI=1S/C13H27NO3/c1-5-10-6-7-13(8-10,9-14)12(2,15)11(16-3)17-4/h10-11,15H,5-9,14H2,1-4H3. The highest BCUT2D eigenvalue weighted by Crippen LogP contribution is 2.50. The van der Waals surface area contributed by atoms with Gasteiger partial charge >= 0.3 is 0 Å². The normalized spacial score (nSPS) is 33.0. The highest BCUT2D eigenvalue weighted by molar-refractivity contribution is 5.03. The zero-order chi connectivity index (χ0) is 13.1. The van der Waals surface area contributed by atoms with E-state index in [0.29, 0.717) is 12.5 Å². The van der Waals surface area contributed by atoms with Crippen LogP contribution in [0.1, 0.15) is 39.5 Å². The number of nitrogens with two attached hydrogens (primary N) is 1. The maximum atomic E-state index is 10.8. The maximum absolute atomic E-state index is 10.8. The van der Waals surface area contributed by atoms with E-state index in [4.69, 9.17) is 15.2 Å². The van der Waals surface area contributed by atoms with E-state index in [2.05, 4.69) is 6.92 Å². The van der Waals surface area contributed by atoms with Gasteiger partial charge in [-0.1, -0.05) is 13.3 Å². The largest absolute Gasteiger partial charge is 0.384 e. The van der Waals surface area contributed by atoms with Crippen LogP contribution in [0.2, 0.25) is 0 Å². The Balaban J connectivity index is 2.92. The zero-order valence-electron chi connectivity index (χ0n) is 11.5. The van der Waals surface area contributed by atoms with Gasteiger partial charge in [0.05, 0.1) is 0 Å². The van der Waals surface area contributed by atoms with Gasteiger partial charge in [0.1, 0.15) is 5.60 Å². The first-order valence-electron chi connectivity index (χ1n) is 6.45. The van der Waals surface area contributed by atoms with Gasteiger partial charge < -0.3 is 20.3 Å². The topological polar surface area (TPSA) is 64.7 Å². The van der Waals surface area contributed by atoms with Gasteiger partial charge in [-0.2, -0.15) is 0 Å². The Morgan fingerprint density at radius 2 is 2.06 bits per heavy atom. The molecule has 0 radical (unpaired) electrons. The minimum absolute atomic E-state index is 0.287. The molecule has 0 saturated heterocycles. The average molecular weight is 245 g/mol. The van der Waals surface area contributed by atoms with Crippen molar-refractivity contribution >= 4 is 0 Å². The third kappa shape index (κ3) is 2.50. The maximum Gasteiger partial charge on any atom is 0.185 e. The Morgan fingerprint density at radius 3 is 2.41 bits per heavy atom. The summed E-state index contributed by atoms with van der Waals surface area (Å²) in [5.74, 6) is 0.652. The number of hydrogen-bond acceptors (Lipinski definition) is 4. The van der Waals surface area contributed by atoms with E-state index in [1.807, 2.05) is 0 Å². The molecular weight excluding hydrogens is 218 g/mol. The van der Waals surface area contributed by atoms with E-state index in [1.165, 1.54) is 0 Å². The van der Waals surface area contributed by atoms with Crippen LogP contribution in [-0.2, 0) is 9.47 Å². The van der Waals surface area contributed by atoms with Gasteiger partial charge in [0.2, 0.25) is 0 Å². The first-order chi connectivity index (χ1) is 7.97. The molecule has 1 fully saturated rings. The minimum Gasteiger partial charge on any atom is -0.384 e. The molecule has 102 valence electrons. The molecular formula is C13H27NO3. The fraction of sp³-hybridized carbons (Fsp3) is 1.00. The van der Waals surface area contributed by atoms with E-state index in [1.54, 1.807) is 21.1 Å². The summed E-state index contributed by atoms with van der Waals surface area (Å²) < 4.78 is 10.5. The fourth-order valence-corrected chi connectivity index (χ4v) is 3.24. The predicted molar refractivity (Wildman–Crippen MR) is 67.5 cm³/mol. The van der Waals surface area contributed by atoms with Crippen LogP contribution in [0.5, 0.6) is 0 Å². The lowest BCUT2D eigenvalue weighted by Crippen LogP contribution is -2.57. The second-order valence-corrected chi connectivity index (χ2v) is 5.45. The molecule has 0 bridgehead atoms. The van der Waals surface area contributed by atoms with Crippen molar-refractivity contribution in [3.8, 4) is 0 Å². The molecule has 0 amide bonds. The summed E-state index contributed by atoms with van der Waals surface area (Å²) >= 11 is 0. The van der Waals surface area contributed by atoms with E-state index >= 15 is 0 Å². The molecule has 1 aliphatic rings. The van der Waals surface area contributed by atoms with Crippen molar-refractivity contribution < 1.29 is 14.6 Å². The molecule has 0 heterocycles. The summed E-state index contributed by atoms with van der Waals surface area (Å²) in [5.41, 5.74) is 4.61. The molecule has 1 saturated carbocycles. The Bertz CT molecular complexity index is 241. The van der Waals surface area contributed by atoms with Crippen molar-refractivity contribution in [3.63, 3.8) is 0 Å². The van der Waals surface area contributed by atoms with Crippen molar-refractivity contribution in [3.05, 3.63) is 0 Å². The second kappa shape index (κ2) is 5.65. The van der Waals surface area contributed by atoms with Gasteiger partial charge in [0.15, 0.2) is 6.29 Å². The molecule has 0 aromatic carbocycles. The van der Waals surface area contributed by atoms with Crippen LogP contribution in [-0.4, -0.2) is 37.8 Å². The van der Waals surface area contributed by atoms with Crippen molar-refractivity contribution in [2.45, 2.75) is 51.4 Å². The molecule has 0 spiro atoms. The highest BCUT2D eigenvalue weighted by Gasteiger charge is 2.54. The SMILES string of the molecule is CCC1CCC(CN)(C(C)(O)C(OC)OC)C1. The lowest BCUT2D eigenvalue weighted by atomic mass is 9.70. The number of ether oxygens (including phenoxy) is 2. The molecule has 3 atom stereocenters. The molecule has 0 aromatic rings. The van der Waals surface area contributed by atoms with E-state index in [9.17, 15) is 5.11 Å². The van der Waals surface area contributed by atoms with Crippen LogP contribution in [0.25, 0.3) is 0 Å². The van der Waals surface area contributed by atoms with Crippen LogP contribution in [0.4, 0.5) is 0 Å². The zero-order valence-corrected chi connectivity index (χ0v) is 11.5. The smallest absolute Gasteiger partial charge is 0.185 e. The fourth-order valence-electron chi connectivity index (χ4n) is 3.24. The van der Waals surface area contributed by atoms with Gasteiger partial charge in [0.25, 0.3) is 0 Å². The first-order valence-corrected chi connectivity index (χ1v) is 6.45. The van der Waals surface area contributed by atoms with Crippen molar-refractivity contribution in [1.29, 1.82) is 0 Å². The van der Waals surface area contributed by atoms with E-state index in [0.717, 1.165) is 25.7 Å². The summed E-state index contributed by atoms with van der Waals surface area (Å²) in [7, 11) is 3.11. The number of methoxy groups -OCH3 is 2. The Hall–Kier alpha value is -0.160. The Labute approximate surface area is 104 Å². The molecule has 1 aliphatic carbocycles. The molecule has 0 aromatic heterocycles. The average Bonchev–Trinajstić information content (AvgIpc) is 2.75. The quantitative estimate of drug-likeness (QED) is 0.696. The van der Waals surface area contributed by atoms with E-state index < -0.39 is 11.9 Å². The van der Waals surface area contributed by atoms with Gasteiger partial charge in [-0.15, -0.1) is 0 Å². The third-order valence-corrected chi connectivity index (χ3v) is 4.64. The Morgan fingerprint density at radius 1 is 1.47 bits per heavy atom. The molecule has 0 aliphatic heterocycles. The summed E-state index contributed by atoms with van der Waals surface area (Å²) in [5, 5.41) is 10.8. The number of rotatable bonds is 6. The summed E-state index contributed by atoms with van der Waals surface area (Å²) in [4.78, 5) is 0. The monoisotopic (exact) mass is 245 g/mol. The van der Waals surface area contributed by atoms with Crippen LogP contribution >= 0.6 is 0 Å². The third-order valence-electron chi connectivity index (χ3n) is 4.64. The highest BCUT2D eigenvalue weighted by atomic mass is 16.7. The van der Waals surface area contributed by atoms with Crippen LogP contribution < -0.4 is 5.73 Å². The van der Waals surface area contributed by atoms with Crippen LogP contribution in [0.15, 0.2) is 0 Å². The second-order valence-electron chi connectivity index (χ2n) is 5.45.